The van der Waals surface area contributed by atoms with E-state index in [0.29, 0.717) is 25.3 Å². The molecule has 0 radical (unpaired) electrons. The van der Waals surface area contributed by atoms with Crippen LogP contribution in [0.4, 0.5) is 4.79 Å². The van der Waals surface area contributed by atoms with Gasteiger partial charge in [-0.3, -0.25) is 14.9 Å². The molecule has 0 aromatic heterocycles. The van der Waals surface area contributed by atoms with Gasteiger partial charge in [0.25, 0.3) is 5.91 Å². The van der Waals surface area contributed by atoms with Crippen LogP contribution >= 0.6 is 0 Å². The second-order valence-corrected chi connectivity index (χ2v) is 5.93. The van der Waals surface area contributed by atoms with E-state index in [1.807, 2.05) is 6.92 Å². The Bertz CT molecular complexity index is 424. The predicted molar refractivity (Wildman–Crippen MR) is 73.9 cm³/mol. The lowest BCUT2D eigenvalue weighted by atomic mass is 9.75. The highest BCUT2D eigenvalue weighted by molar-refractivity contribution is 6.08. The van der Waals surface area contributed by atoms with Crippen LogP contribution in [-0.2, 0) is 9.59 Å². The molecule has 2 aliphatic rings. The molecule has 1 saturated carbocycles. The fourth-order valence-electron chi connectivity index (χ4n) is 3.26. The number of nitrogens with one attached hydrogen (secondary N) is 2. The van der Waals surface area contributed by atoms with Gasteiger partial charge in [-0.1, -0.05) is 26.7 Å². The highest BCUT2D eigenvalue weighted by atomic mass is 16.2. The molecular weight excluding hydrogens is 258 g/mol. The van der Waals surface area contributed by atoms with Crippen LogP contribution in [0, 0.1) is 5.92 Å². The predicted octanol–water partition coefficient (Wildman–Crippen LogP) is 1.01. The summed E-state index contributed by atoms with van der Waals surface area (Å²) in [5.74, 6) is -0.0479. The number of carbonyl (C=O) groups excluding carboxylic acids is 3. The van der Waals surface area contributed by atoms with Gasteiger partial charge in [-0.05, 0) is 25.2 Å². The normalized spacial score (nSPS) is 29.7. The molecule has 0 aromatic carbocycles. The maximum Gasteiger partial charge on any atom is 0.325 e. The van der Waals surface area contributed by atoms with E-state index in [-0.39, 0.29) is 18.4 Å². The average Bonchev–Trinajstić information content (AvgIpc) is 2.61. The molecule has 2 atom stereocenters. The van der Waals surface area contributed by atoms with Crippen LogP contribution < -0.4 is 10.6 Å². The molecule has 1 heterocycles. The molecule has 1 saturated heterocycles. The van der Waals surface area contributed by atoms with Gasteiger partial charge in [0.15, 0.2) is 0 Å². The summed E-state index contributed by atoms with van der Waals surface area (Å²) in [5.41, 5.74) is -0.807. The highest BCUT2D eigenvalue weighted by Crippen LogP contribution is 2.39. The molecule has 0 aromatic rings. The van der Waals surface area contributed by atoms with Crippen LogP contribution in [0.3, 0.4) is 0 Å². The van der Waals surface area contributed by atoms with Crippen molar-refractivity contribution in [2.45, 2.75) is 51.5 Å². The summed E-state index contributed by atoms with van der Waals surface area (Å²) in [6, 6.07) is -0.434. The molecule has 112 valence electrons. The summed E-state index contributed by atoms with van der Waals surface area (Å²) < 4.78 is 0. The van der Waals surface area contributed by atoms with Crippen molar-refractivity contribution in [3.05, 3.63) is 0 Å². The largest absolute Gasteiger partial charge is 0.355 e. The first-order chi connectivity index (χ1) is 9.49. The van der Waals surface area contributed by atoms with Crippen LogP contribution in [0.25, 0.3) is 0 Å². The standard InChI is InChI=1S/C14H23N3O3/c1-3-7-15-11(18)9-17-13(20)16-12(19)14(17)6-4-5-10(2)8-14/h10H,3-9H2,1-2H3,(H,15,18)(H,16,19,20). The third kappa shape index (κ3) is 2.64. The Morgan fingerprint density at radius 1 is 1.50 bits per heavy atom. The van der Waals surface area contributed by atoms with E-state index in [9.17, 15) is 14.4 Å². The number of hydrogen-bond acceptors (Lipinski definition) is 3. The summed E-state index contributed by atoms with van der Waals surface area (Å²) in [6.45, 7) is 4.61. The molecule has 2 unspecified atom stereocenters. The van der Waals surface area contributed by atoms with Crippen molar-refractivity contribution in [3.8, 4) is 0 Å². The highest BCUT2D eigenvalue weighted by Gasteiger charge is 2.54. The zero-order valence-electron chi connectivity index (χ0n) is 12.2. The smallest absolute Gasteiger partial charge is 0.325 e. The first-order valence-electron chi connectivity index (χ1n) is 7.39. The molecule has 2 N–H and O–H groups in total. The van der Waals surface area contributed by atoms with Crippen molar-refractivity contribution in [1.29, 1.82) is 0 Å². The van der Waals surface area contributed by atoms with Gasteiger partial charge in [0.05, 0.1) is 0 Å². The van der Waals surface area contributed by atoms with Gasteiger partial charge in [0.1, 0.15) is 12.1 Å². The lowest BCUT2D eigenvalue weighted by molar-refractivity contribution is -0.131. The number of hydrogen-bond donors (Lipinski definition) is 2. The van der Waals surface area contributed by atoms with E-state index in [1.54, 1.807) is 0 Å². The minimum atomic E-state index is -0.807. The molecule has 6 nitrogen and oxygen atoms in total. The van der Waals surface area contributed by atoms with Crippen molar-refractivity contribution >= 4 is 17.8 Å². The number of amides is 4. The summed E-state index contributed by atoms with van der Waals surface area (Å²) >= 11 is 0. The number of urea groups is 1. The molecule has 20 heavy (non-hydrogen) atoms. The molecule has 1 aliphatic carbocycles. The lowest BCUT2D eigenvalue weighted by Crippen LogP contribution is -2.55. The molecule has 1 spiro atoms. The summed E-state index contributed by atoms with van der Waals surface area (Å²) in [7, 11) is 0. The summed E-state index contributed by atoms with van der Waals surface area (Å²) in [6.07, 6.45) is 4.12. The van der Waals surface area contributed by atoms with Gasteiger partial charge in [-0.2, -0.15) is 0 Å². The van der Waals surface area contributed by atoms with Crippen molar-refractivity contribution in [3.63, 3.8) is 0 Å². The Labute approximate surface area is 119 Å². The van der Waals surface area contributed by atoms with E-state index in [0.717, 1.165) is 19.3 Å². The average molecular weight is 281 g/mol. The van der Waals surface area contributed by atoms with Crippen molar-refractivity contribution in [2.24, 2.45) is 5.92 Å². The van der Waals surface area contributed by atoms with Gasteiger partial charge in [-0.25, -0.2) is 4.79 Å². The molecular formula is C14H23N3O3. The first-order valence-corrected chi connectivity index (χ1v) is 7.39. The number of rotatable bonds is 4. The fraction of sp³-hybridized carbons (Fsp3) is 0.786. The summed E-state index contributed by atoms with van der Waals surface area (Å²) in [4.78, 5) is 37.5. The Morgan fingerprint density at radius 2 is 2.25 bits per heavy atom. The zero-order chi connectivity index (χ0) is 14.8. The fourth-order valence-corrected chi connectivity index (χ4v) is 3.26. The first kappa shape index (κ1) is 14.8. The minimum Gasteiger partial charge on any atom is -0.355 e. The number of carbonyl (C=O) groups is 3. The quantitative estimate of drug-likeness (QED) is 0.755. The molecule has 0 bridgehead atoms. The van der Waals surface area contributed by atoms with E-state index >= 15 is 0 Å². The van der Waals surface area contributed by atoms with Gasteiger partial charge < -0.3 is 10.2 Å². The van der Waals surface area contributed by atoms with Gasteiger partial charge in [-0.15, -0.1) is 0 Å². The van der Waals surface area contributed by atoms with Crippen LogP contribution in [-0.4, -0.2) is 41.4 Å². The van der Waals surface area contributed by atoms with E-state index < -0.39 is 11.6 Å². The van der Waals surface area contributed by atoms with E-state index in [1.165, 1.54) is 4.90 Å². The van der Waals surface area contributed by atoms with Crippen LogP contribution in [0.5, 0.6) is 0 Å². The van der Waals surface area contributed by atoms with E-state index in [2.05, 4.69) is 17.6 Å². The third-order valence-corrected chi connectivity index (χ3v) is 4.25. The Morgan fingerprint density at radius 3 is 2.90 bits per heavy atom. The second kappa shape index (κ2) is 5.81. The SMILES string of the molecule is CCCNC(=O)CN1C(=O)NC(=O)C12CCCC(C)C2. The number of imide groups is 1. The van der Waals surface area contributed by atoms with Crippen molar-refractivity contribution in [2.75, 3.05) is 13.1 Å². The molecule has 4 amide bonds. The maximum atomic E-state index is 12.2. The monoisotopic (exact) mass is 281 g/mol. The van der Waals surface area contributed by atoms with Crippen LogP contribution in [0.1, 0.15) is 46.0 Å². The molecule has 1 aliphatic heterocycles. The van der Waals surface area contributed by atoms with Gasteiger partial charge >= 0.3 is 6.03 Å². The van der Waals surface area contributed by atoms with Gasteiger partial charge in [0.2, 0.25) is 5.91 Å². The number of nitrogens with zero attached hydrogens (tertiary/aromatic N) is 1. The van der Waals surface area contributed by atoms with E-state index in [4.69, 9.17) is 0 Å². The molecule has 6 heteroatoms. The Hall–Kier alpha value is -1.59. The van der Waals surface area contributed by atoms with Crippen molar-refractivity contribution < 1.29 is 14.4 Å². The zero-order valence-corrected chi connectivity index (χ0v) is 12.2. The van der Waals surface area contributed by atoms with Crippen molar-refractivity contribution in [1.82, 2.24) is 15.5 Å². The third-order valence-electron chi connectivity index (χ3n) is 4.25. The Kier molecular flexibility index (Phi) is 4.30. The van der Waals surface area contributed by atoms with Crippen LogP contribution in [0.2, 0.25) is 0 Å². The molecule has 2 rings (SSSR count). The minimum absolute atomic E-state index is 0.0374. The topological polar surface area (TPSA) is 78.5 Å². The molecule has 2 fully saturated rings. The van der Waals surface area contributed by atoms with Gasteiger partial charge in [0, 0.05) is 6.54 Å². The Balaban J connectivity index is 2.13. The van der Waals surface area contributed by atoms with Crippen LogP contribution in [0.15, 0.2) is 0 Å². The second-order valence-electron chi connectivity index (χ2n) is 5.93. The maximum absolute atomic E-state index is 12.2. The summed E-state index contributed by atoms with van der Waals surface area (Å²) in [5, 5.41) is 5.13. The lowest BCUT2D eigenvalue weighted by Gasteiger charge is -2.40.